The van der Waals surface area contributed by atoms with Crippen molar-refractivity contribution < 1.29 is 5.21 Å². The molecular weight excluding hydrogens is 222 g/mol. The zero-order chi connectivity index (χ0) is 12.8. The van der Waals surface area contributed by atoms with Crippen LogP contribution in [-0.4, -0.2) is 11.8 Å². The van der Waals surface area contributed by atoms with Gasteiger partial charge in [-0.3, -0.25) is 10.3 Å². The first-order valence-electron chi connectivity index (χ1n) is 6.39. The minimum Gasteiger partial charge on any atom is -0.288 e. The molecule has 2 nitrogen and oxygen atoms in total. The molecular formula is C16H19NO. The van der Waals surface area contributed by atoms with Crippen LogP contribution in [0.15, 0.2) is 54.6 Å². The summed E-state index contributed by atoms with van der Waals surface area (Å²) in [5.41, 5.74) is 3.44. The Hall–Kier alpha value is -1.80. The second-order valence-electron chi connectivity index (χ2n) is 4.38. The monoisotopic (exact) mass is 241 g/mol. The Morgan fingerprint density at radius 3 is 2.11 bits per heavy atom. The third-order valence-electron chi connectivity index (χ3n) is 3.10. The first-order chi connectivity index (χ1) is 8.79. The molecule has 0 atom stereocenters. The zero-order valence-electron chi connectivity index (χ0n) is 10.7. The van der Waals surface area contributed by atoms with E-state index in [0.29, 0.717) is 6.54 Å². The fraction of sp³-hybridized carbons (Fsp3) is 0.250. The average molecular weight is 241 g/mol. The second kappa shape index (κ2) is 6.22. The number of nitrogens with zero attached hydrogens (tertiary/aromatic N) is 1. The lowest BCUT2D eigenvalue weighted by Gasteiger charge is -2.16. The molecule has 0 aliphatic carbocycles. The molecule has 1 N–H and O–H groups in total. The van der Waals surface area contributed by atoms with Crippen LogP contribution in [0.3, 0.4) is 0 Å². The van der Waals surface area contributed by atoms with Crippen molar-refractivity contribution in [1.29, 1.82) is 0 Å². The van der Waals surface area contributed by atoms with E-state index >= 15 is 0 Å². The smallest absolute Gasteiger partial charge is 0.0634 e. The van der Waals surface area contributed by atoms with E-state index in [0.717, 1.165) is 18.5 Å². The van der Waals surface area contributed by atoms with Gasteiger partial charge in [-0.05, 0) is 36.1 Å². The third kappa shape index (κ3) is 3.34. The summed E-state index contributed by atoms with van der Waals surface area (Å²) in [4.78, 5) is 0. The lowest BCUT2D eigenvalue weighted by Crippen LogP contribution is -2.20. The molecule has 2 rings (SSSR count). The van der Waals surface area contributed by atoms with E-state index in [2.05, 4.69) is 31.2 Å². The fourth-order valence-electron chi connectivity index (χ4n) is 1.91. The van der Waals surface area contributed by atoms with E-state index in [4.69, 9.17) is 0 Å². The third-order valence-corrected chi connectivity index (χ3v) is 3.10. The highest BCUT2D eigenvalue weighted by molar-refractivity contribution is 5.43. The molecule has 0 heterocycles. The maximum absolute atomic E-state index is 9.92. The van der Waals surface area contributed by atoms with Gasteiger partial charge in [-0.25, -0.2) is 0 Å². The number of aryl methyl sites for hydroxylation is 1. The van der Waals surface area contributed by atoms with Gasteiger partial charge in [-0.1, -0.05) is 49.4 Å². The van der Waals surface area contributed by atoms with Crippen molar-refractivity contribution in [3.05, 3.63) is 65.7 Å². The van der Waals surface area contributed by atoms with E-state index in [1.165, 1.54) is 16.2 Å². The summed E-state index contributed by atoms with van der Waals surface area (Å²) in [5.74, 6) is 0. The number of rotatable bonds is 5. The highest BCUT2D eigenvalue weighted by Crippen LogP contribution is 2.12. The molecule has 18 heavy (non-hydrogen) atoms. The minimum atomic E-state index is 0.607. The number of hydrogen-bond donors (Lipinski definition) is 1. The van der Waals surface area contributed by atoms with E-state index < -0.39 is 0 Å². The van der Waals surface area contributed by atoms with Gasteiger partial charge in [0.05, 0.1) is 5.69 Å². The van der Waals surface area contributed by atoms with E-state index in [1.807, 2.05) is 30.3 Å². The summed E-state index contributed by atoms with van der Waals surface area (Å²) in [6.07, 6.45) is 1.91. The van der Waals surface area contributed by atoms with Gasteiger partial charge in [0, 0.05) is 6.54 Å². The SMILES string of the molecule is CCc1ccc(CCN(O)c2ccccc2)cc1. The number of anilines is 1. The van der Waals surface area contributed by atoms with Gasteiger partial charge >= 0.3 is 0 Å². The summed E-state index contributed by atoms with van der Waals surface area (Å²) in [6, 6.07) is 18.2. The van der Waals surface area contributed by atoms with Crippen molar-refractivity contribution in [3.8, 4) is 0 Å². The quantitative estimate of drug-likeness (QED) is 0.807. The van der Waals surface area contributed by atoms with Gasteiger partial charge in [-0.15, -0.1) is 0 Å². The molecule has 0 radical (unpaired) electrons. The summed E-state index contributed by atoms with van der Waals surface area (Å²) in [5, 5.41) is 11.2. The van der Waals surface area contributed by atoms with Crippen LogP contribution in [0, 0.1) is 0 Å². The molecule has 0 aromatic heterocycles. The van der Waals surface area contributed by atoms with Gasteiger partial charge in [0.1, 0.15) is 0 Å². The molecule has 0 bridgehead atoms. The highest BCUT2D eigenvalue weighted by atomic mass is 16.5. The molecule has 2 aromatic carbocycles. The van der Waals surface area contributed by atoms with Crippen LogP contribution in [0.2, 0.25) is 0 Å². The average Bonchev–Trinajstić information content (AvgIpc) is 2.46. The first-order valence-corrected chi connectivity index (χ1v) is 6.39. The predicted octanol–water partition coefficient (Wildman–Crippen LogP) is 3.69. The molecule has 0 fully saturated rings. The topological polar surface area (TPSA) is 23.5 Å². The van der Waals surface area contributed by atoms with Crippen molar-refractivity contribution in [2.75, 3.05) is 11.6 Å². The maximum atomic E-state index is 9.92. The van der Waals surface area contributed by atoms with E-state index in [1.54, 1.807) is 0 Å². The maximum Gasteiger partial charge on any atom is 0.0634 e. The fourth-order valence-corrected chi connectivity index (χ4v) is 1.91. The molecule has 94 valence electrons. The van der Waals surface area contributed by atoms with Crippen LogP contribution in [0.25, 0.3) is 0 Å². The Balaban J connectivity index is 1.91. The minimum absolute atomic E-state index is 0.607. The molecule has 0 saturated heterocycles. The summed E-state index contributed by atoms with van der Waals surface area (Å²) >= 11 is 0. The normalized spacial score (nSPS) is 10.3. The molecule has 0 aliphatic heterocycles. The van der Waals surface area contributed by atoms with Crippen molar-refractivity contribution in [2.24, 2.45) is 0 Å². The first kappa shape index (κ1) is 12.7. The zero-order valence-corrected chi connectivity index (χ0v) is 10.7. The van der Waals surface area contributed by atoms with E-state index in [9.17, 15) is 5.21 Å². The van der Waals surface area contributed by atoms with Crippen LogP contribution in [0.4, 0.5) is 5.69 Å². The van der Waals surface area contributed by atoms with Crippen LogP contribution >= 0.6 is 0 Å². The lowest BCUT2D eigenvalue weighted by molar-refractivity contribution is 0.255. The number of benzene rings is 2. The molecule has 2 heteroatoms. The second-order valence-corrected chi connectivity index (χ2v) is 4.38. The Kier molecular flexibility index (Phi) is 4.37. The molecule has 0 saturated carbocycles. The highest BCUT2D eigenvalue weighted by Gasteiger charge is 2.02. The Morgan fingerprint density at radius 2 is 1.50 bits per heavy atom. The van der Waals surface area contributed by atoms with Crippen LogP contribution in [-0.2, 0) is 12.8 Å². The van der Waals surface area contributed by atoms with Gasteiger partial charge in [-0.2, -0.15) is 0 Å². The van der Waals surface area contributed by atoms with Gasteiger partial charge < -0.3 is 0 Å². The number of hydrogen-bond acceptors (Lipinski definition) is 2. The van der Waals surface area contributed by atoms with Crippen LogP contribution < -0.4 is 5.06 Å². The predicted molar refractivity (Wildman–Crippen MR) is 75.1 cm³/mol. The van der Waals surface area contributed by atoms with Crippen molar-refractivity contribution >= 4 is 5.69 Å². The van der Waals surface area contributed by atoms with Gasteiger partial charge in [0.25, 0.3) is 0 Å². The van der Waals surface area contributed by atoms with Crippen molar-refractivity contribution in [3.63, 3.8) is 0 Å². The summed E-state index contributed by atoms with van der Waals surface area (Å²) < 4.78 is 0. The van der Waals surface area contributed by atoms with E-state index in [-0.39, 0.29) is 0 Å². The lowest BCUT2D eigenvalue weighted by atomic mass is 10.1. The van der Waals surface area contributed by atoms with Crippen LogP contribution in [0.5, 0.6) is 0 Å². The number of para-hydroxylation sites is 1. The largest absolute Gasteiger partial charge is 0.288 e. The number of hydroxylamine groups is 1. The molecule has 0 aliphatic rings. The van der Waals surface area contributed by atoms with Gasteiger partial charge in [0.15, 0.2) is 0 Å². The Bertz CT molecular complexity index is 464. The van der Waals surface area contributed by atoms with Crippen molar-refractivity contribution in [2.45, 2.75) is 19.8 Å². The Morgan fingerprint density at radius 1 is 0.889 bits per heavy atom. The summed E-state index contributed by atoms with van der Waals surface area (Å²) in [6.45, 7) is 2.76. The summed E-state index contributed by atoms with van der Waals surface area (Å²) in [7, 11) is 0. The van der Waals surface area contributed by atoms with Gasteiger partial charge in [0.2, 0.25) is 0 Å². The molecule has 0 unspecified atom stereocenters. The standard InChI is InChI=1S/C16H19NO/c1-2-14-8-10-15(11-9-14)12-13-17(18)16-6-4-3-5-7-16/h3-11,18H,2,12-13H2,1H3. The molecule has 0 spiro atoms. The molecule has 0 amide bonds. The molecule has 2 aromatic rings. The van der Waals surface area contributed by atoms with Crippen molar-refractivity contribution in [1.82, 2.24) is 0 Å². The Labute approximate surface area is 108 Å². The van der Waals surface area contributed by atoms with Crippen LogP contribution in [0.1, 0.15) is 18.1 Å².